The summed E-state index contributed by atoms with van der Waals surface area (Å²) in [7, 11) is 1.81. The fourth-order valence-corrected chi connectivity index (χ4v) is 4.22. The average molecular weight is 411 g/mol. The quantitative estimate of drug-likeness (QED) is 0.553. The summed E-state index contributed by atoms with van der Waals surface area (Å²) in [6.07, 6.45) is 4.04. The van der Waals surface area contributed by atoms with Crippen LogP contribution in [0.5, 0.6) is 11.5 Å². The lowest BCUT2D eigenvalue weighted by molar-refractivity contribution is -0.385. The van der Waals surface area contributed by atoms with E-state index >= 15 is 0 Å². The number of rotatable bonds is 7. The highest BCUT2D eigenvalue weighted by Gasteiger charge is 2.35. The van der Waals surface area contributed by atoms with Gasteiger partial charge in [-0.1, -0.05) is 43.2 Å². The van der Waals surface area contributed by atoms with E-state index in [1.165, 1.54) is 6.07 Å². The third-order valence-electron chi connectivity index (χ3n) is 5.68. The second kappa shape index (κ2) is 8.71. The zero-order chi connectivity index (χ0) is 21.1. The second-order valence-corrected chi connectivity index (χ2v) is 7.81. The molecule has 0 saturated heterocycles. The molecule has 0 aromatic heterocycles. The predicted molar refractivity (Wildman–Crippen MR) is 110 cm³/mol. The van der Waals surface area contributed by atoms with Crippen molar-refractivity contribution in [3.63, 3.8) is 0 Å². The average Bonchev–Trinajstić information content (AvgIpc) is 3.39. The van der Waals surface area contributed by atoms with E-state index in [0.717, 1.165) is 31.2 Å². The van der Waals surface area contributed by atoms with Crippen LogP contribution in [0, 0.1) is 10.1 Å². The van der Waals surface area contributed by atoms with Crippen LogP contribution in [0.25, 0.3) is 0 Å². The molecule has 1 heterocycles. The molecule has 2 aromatic rings. The van der Waals surface area contributed by atoms with Crippen LogP contribution < -0.4 is 14.8 Å². The van der Waals surface area contributed by atoms with Gasteiger partial charge >= 0.3 is 0 Å². The van der Waals surface area contributed by atoms with Crippen molar-refractivity contribution in [2.75, 3.05) is 13.8 Å². The van der Waals surface area contributed by atoms with Gasteiger partial charge in [-0.2, -0.15) is 0 Å². The van der Waals surface area contributed by atoms with Crippen LogP contribution in [0.15, 0.2) is 42.5 Å². The van der Waals surface area contributed by atoms with Crippen LogP contribution in [-0.4, -0.2) is 35.6 Å². The third-order valence-corrected chi connectivity index (χ3v) is 5.68. The molecule has 1 fully saturated rings. The van der Waals surface area contributed by atoms with Crippen LogP contribution in [0.4, 0.5) is 5.69 Å². The van der Waals surface area contributed by atoms with Crippen molar-refractivity contribution in [3.05, 3.63) is 63.7 Å². The van der Waals surface area contributed by atoms with Crippen LogP contribution in [0.1, 0.15) is 42.9 Å². The number of ether oxygens (including phenoxy) is 2. The second-order valence-electron chi connectivity index (χ2n) is 7.81. The van der Waals surface area contributed by atoms with E-state index < -0.39 is 11.0 Å². The highest BCUT2D eigenvalue weighted by atomic mass is 16.7. The number of benzene rings is 2. The van der Waals surface area contributed by atoms with E-state index in [-0.39, 0.29) is 24.4 Å². The van der Waals surface area contributed by atoms with Crippen LogP contribution in [-0.2, 0) is 11.3 Å². The zero-order valence-electron chi connectivity index (χ0n) is 16.9. The number of carbonyl (C=O) groups is 1. The minimum absolute atomic E-state index is 0.00866. The Morgan fingerprint density at radius 1 is 1.20 bits per heavy atom. The van der Waals surface area contributed by atoms with Gasteiger partial charge in [0.1, 0.15) is 6.04 Å². The zero-order valence-corrected chi connectivity index (χ0v) is 16.9. The van der Waals surface area contributed by atoms with Gasteiger partial charge in [0.2, 0.25) is 12.7 Å². The summed E-state index contributed by atoms with van der Waals surface area (Å²) in [5, 5.41) is 14.9. The lowest BCUT2D eigenvalue weighted by Gasteiger charge is -2.28. The smallest absolute Gasteiger partial charge is 0.278 e. The fraction of sp³-hybridized carbons (Fsp3) is 0.409. The van der Waals surface area contributed by atoms with Crippen LogP contribution >= 0.6 is 0 Å². The molecule has 2 aliphatic rings. The Labute approximate surface area is 174 Å². The molecule has 158 valence electrons. The van der Waals surface area contributed by atoms with Gasteiger partial charge in [-0.25, -0.2) is 0 Å². The lowest BCUT2D eigenvalue weighted by Crippen LogP contribution is -2.42. The summed E-state index contributed by atoms with van der Waals surface area (Å²) in [6.45, 7) is 0.476. The Morgan fingerprint density at radius 3 is 2.53 bits per heavy atom. The number of hydrogen-bond acceptors (Lipinski definition) is 6. The van der Waals surface area contributed by atoms with E-state index in [1.807, 2.05) is 35.2 Å². The van der Waals surface area contributed by atoms with Crippen molar-refractivity contribution >= 4 is 11.6 Å². The van der Waals surface area contributed by atoms with Gasteiger partial charge in [0, 0.05) is 12.6 Å². The summed E-state index contributed by atoms with van der Waals surface area (Å²) in [6, 6.07) is 11.9. The molecular weight excluding hydrogens is 386 g/mol. The normalized spacial score (nSPS) is 16.6. The minimum atomic E-state index is -0.833. The van der Waals surface area contributed by atoms with Gasteiger partial charge in [-0.3, -0.25) is 19.8 Å². The molecule has 8 nitrogen and oxygen atoms in total. The summed E-state index contributed by atoms with van der Waals surface area (Å²) < 4.78 is 10.7. The molecule has 2 aromatic carbocycles. The summed E-state index contributed by atoms with van der Waals surface area (Å²) in [5.41, 5.74) is 1.17. The summed E-state index contributed by atoms with van der Waals surface area (Å²) >= 11 is 0. The molecule has 1 aliphatic heterocycles. The standard InChI is InChI=1S/C22H25N3O5/c1-24(13-15-7-3-2-4-8-15)21(22(26)23-16-9-5-6-10-16)17-11-19-20(30-14-29-19)12-18(17)25(27)28/h2-4,7-8,11-12,16,21H,5-6,9-10,13-14H2,1H3,(H,23,26)/t21-/m1/s1. The van der Waals surface area contributed by atoms with Gasteiger partial charge in [-0.05, 0) is 31.5 Å². The highest BCUT2D eigenvalue weighted by Crippen LogP contribution is 2.41. The Morgan fingerprint density at radius 2 is 1.87 bits per heavy atom. The number of nitrogens with one attached hydrogen (secondary N) is 1. The summed E-state index contributed by atoms with van der Waals surface area (Å²) in [5.74, 6) is 0.510. The fourth-order valence-electron chi connectivity index (χ4n) is 4.22. The SMILES string of the molecule is CN(Cc1ccccc1)[C@@H](C(=O)NC1CCCC1)c1cc2c(cc1[N+](=O)[O-])OCO2. The number of nitrogens with zero attached hydrogens (tertiary/aromatic N) is 2. The molecule has 1 N–H and O–H groups in total. The molecule has 0 unspecified atom stereocenters. The molecule has 1 atom stereocenters. The third kappa shape index (κ3) is 4.23. The van der Waals surface area contributed by atoms with Crippen molar-refractivity contribution < 1.29 is 19.2 Å². The van der Waals surface area contributed by atoms with Crippen molar-refractivity contribution in [3.8, 4) is 11.5 Å². The van der Waals surface area contributed by atoms with E-state index in [4.69, 9.17) is 9.47 Å². The molecule has 1 aliphatic carbocycles. The van der Waals surface area contributed by atoms with Crippen molar-refractivity contribution in [1.29, 1.82) is 0 Å². The van der Waals surface area contributed by atoms with Gasteiger partial charge < -0.3 is 14.8 Å². The van der Waals surface area contributed by atoms with Crippen LogP contribution in [0.3, 0.4) is 0 Å². The van der Waals surface area contributed by atoms with Gasteiger partial charge in [0.15, 0.2) is 11.5 Å². The number of hydrogen-bond donors (Lipinski definition) is 1. The Bertz CT molecular complexity index is 928. The van der Waals surface area contributed by atoms with E-state index in [0.29, 0.717) is 23.6 Å². The van der Waals surface area contributed by atoms with Gasteiger partial charge in [0.05, 0.1) is 16.6 Å². The first-order valence-electron chi connectivity index (χ1n) is 10.2. The number of nitro benzene ring substituents is 1. The maximum Gasteiger partial charge on any atom is 0.278 e. The van der Waals surface area contributed by atoms with Crippen LogP contribution in [0.2, 0.25) is 0 Å². The molecule has 30 heavy (non-hydrogen) atoms. The molecule has 0 radical (unpaired) electrons. The monoisotopic (exact) mass is 411 g/mol. The Hall–Kier alpha value is -3.13. The van der Waals surface area contributed by atoms with E-state index in [1.54, 1.807) is 13.1 Å². The molecule has 1 amide bonds. The van der Waals surface area contributed by atoms with E-state index in [2.05, 4.69) is 5.32 Å². The molecular formula is C22H25N3O5. The van der Waals surface area contributed by atoms with Gasteiger partial charge in [0.25, 0.3) is 5.69 Å². The number of nitro groups is 1. The molecule has 4 rings (SSSR count). The van der Waals surface area contributed by atoms with Crippen molar-refractivity contribution in [2.45, 2.75) is 44.3 Å². The number of amides is 1. The molecule has 8 heteroatoms. The highest BCUT2D eigenvalue weighted by molar-refractivity contribution is 5.85. The molecule has 0 spiro atoms. The summed E-state index contributed by atoms with van der Waals surface area (Å²) in [4.78, 5) is 26.6. The maximum atomic E-state index is 13.4. The topological polar surface area (TPSA) is 93.9 Å². The largest absolute Gasteiger partial charge is 0.454 e. The maximum absolute atomic E-state index is 13.4. The molecule has 1 saturated carbocycles. The number of carbonyl (C=O) groups excluding carboxylic acids is 1. The Kier molecular flexibility index (Phi) is 5.85. The van der Waals surface area contributed by atoms with Gasteiger partial charge in [-0.15, -0.1) is 0 Å². The molecule has 0 bridgehead atoms. The first-order chi connectivity index (χ1) is 14.5. The first-order valence-corrected chi connectivity index (χ1v) is 10.2. The lowest BCUT2D eigenvalue weighted by atomic mass is 10.00. The first kappa shape index (κ1) is 20.2. The number of fused-ring (bicyclic) bond motifs is 1. The minimum Gasteiger partial charge on any atom is -0.454 e. The number of likely N-dealkylation sites (N-methyl/N-ethyl adjacent to an activating group) is 1. The predicted octanol–water partition coefficient (Wildman–Crippen LogP) is 3.56. The van der Waals surface area contributed by atoms with Crippen molar-refractivity contribution in [1.82, 2.24) is 10.2 Å². The Balaban J connectivity index is 1.70. The van der Waals surface area contributed by atoms with E-state index in [9.17, 15) is 14.9 Å². The van der Waals surface area contributed by atoms with Crippen molar-refractivity contribution in [2.24, 2.45) is 0 Å².